The van der Waals surface area contributed by atoms with Crippen LogP contribution in [-0.4, -0.2) is 15.7 Å². The minimum Gasteiger partial charge on any atom is -0.486 e. The van der Waals surface area contributed by atoms with Crippen molar-refractivity contribution in [1.29, 1.82) is 0 Å². The number of ether oxygens (including phenoxy) is 1. The number of carbonyl (C=O) groups is 1. The fraction of sp³-hybridized carbons (Fsp3) is 0.200. The van der Waals surface area contributed by atoms with E-state index in [4.69, 9.17) is 9.15 Å². The van der Waals surface area contributed by atoms with Crippen molar-refractivity contribution in [1.82, 2.24) is 15.1 Å². The van der Waals surface area contributed by atoms with Crippen LogP contribution in [0.4, 0.5) is 4.39 Å². The summed E-state index contributed by atoms with van der Waals surface area (Å²) in [4.78, 5) is 12.5. The quantitative estimate of drug-likeness (QED) is 0.434. The Kier molecular flexibility index (Phi) is 6.35. The Bertz CT molecular complexity index is 1200. The molecule has 0 spiro atoms. The monoisotopic (exact) mass is 433 g/mol. The molecule has 0 saturated heterocycles. The van der Waals surface area contributed by atoms with Gasteiger partial charge in [-0.15, -0.1) is 0 Å². The molecule has 0 fully saturated rings. The Morgan fingerprint density at radius 1 is 1.06 bits per heavy atom. The molecule has 1 N–H and O–H groups in total. The van der Waals surface area contributed by atoms with Crippen molar-refractivity contribution < 1.29 is 18.3 Å². The van der Waals surface area contributed by atoms with Crippen molar-refractivity contribution >= 4 is 5.91 Å². The third kappa shape index (κ3) is 5.06. The van der Waals surface area contributed by atoms with Gasteiger partial charge in [0.05, 0.1) is 12.2 Å². The van der Waals surface area contributed by atoms with Crippen molar-refractivity contribution in [3.05, 3.63) is 107 Å². The van der Waals surface area contributed by atoms with Crippen LogP contribution in [0.25, 0.3) is 0 Å². The second-order valence-electron chi connectivity index (χ2n) is 7.48. The third-order valence-corrected chi connectivity index (χ3v) is 5.21. The molecule has 0 aliphatic rings. The Morgan fingerprint density at radius 2 is 1.81 bits per heavy atom. The fourth-order valence-electron chi connectivity index (χ4n) is 3.42. The summed E-state index contributed by atoms with van der Waals surface area (Å²) >= 11 is 0. The highest BCUT2D eigenvalue weighted by atomic mass is 19.1. The summed E-state index contributed by atoms with van der Waals surface area (Å²) in [5.41, 5.74) is 4.05. The van der Waals surface area contributed by atoms with Gasteiger partial charge in [-0.25, -0.2) is 4.39 Å². The number of rotatable bonds is 8. The average molecular weight is 433 g/mol. The second-order valence-corrected chi connectivity index (χ2v) is 7.48. The van der Waals surface area contributed by atoms with Gasteiger partial charge in [0.15, 0.2) is 5.76 Å². The summed E-state index contributed by atoms with van der Waals surface area (Å²) in [6.45, 7) is 5.11. The lowest BCUT2D eigenvalue weighted by Crippen LogP contribution is -2.23. The standard InChI is InChI=1S/C25H24FN3O3/c1-17-23(18(2)29(28-17)15-19-6-4-3-5-7-19)14-27-25(30)24-13-12-22(32-24)16-31-21-10-8-20(26)9-11-21/h3-13H,14-16H2,1-2H3,(H,27,30). The first kappa shape index (κ1) is 21.4. The molecule has 6 nitrogen and oxygen atoms in total. The van der Waals surface area contributed by atoms with E-state index >= 15 is 0 Å². The number of aromatic nitrogens is 2. The molecule has 164 valence electrons. The molecule has 1 amide bonds. The van der Waals surface area contributed by atoms with Crippen molar-refractivity contribution in [3.8, 4) is 5.75 Å². The minimum atomic E-state index is -0.328. The molecule has 0 saturated carbocycles. The molecular weight excluding hydrogens is 409 g/mol. The maximum Gasteiger partial charge on any atom is 0.287 e. The Balaban J connectivity index is 1.34. The van der Waals surface area contributed by atoms with Crippen molar-refractivity contribution in [2.24, 2.45) is 0 Å². The molecule has 0 atom stereocenters. The lowest BCUT2D eigenvalue weighted by molar-refractivity contribution is 0.0919. The zero-order valence-electron chi connectivity index (χ0n) is 18.0. The predicted octanol–water partition coefficient (Wildman–Crippen LogP) is 4.79. The van der Waals surface area contributed by atoms with E-state index in [2.05, 4.69) is 22.5 Å². The molecule has 0 bridgehead atoms. The summed E-state index contributed by atoms with van der Waals surface area (Å²) in [7, 11) is 0. The van der Waals surface area contributed by atoms with E-state index < -0.39 is 0 Å². The number of nitrogens with zero attached hydrogens (tertiary/aromatic N) is 2. The molecule has 2 heterocycles. The second kappa shape index (κ2) is 9.51. The van der Waals surface area contributed by atoms with Crippen molar-refractivity contribution in [2.45, 2.75) is 33.5 Å². The van der Waals surface area contributed by atoms with E-state index in [9.17, 15) is 9.18 Å². The zero-order valence-corrected chi connectivity index (χ0v) is 18.0. The topological polar surface area (TPSA) is 69.3 Å². The minimum absolute atomic E-state index is 0.142. The van der Waals surface area contributed by atoms with Crippen molar-refractivity contribution in [3.63, 3.8) is 0 Å². The molecule has 2 aromatic heterocycles. The van der Waals surface area contributed by atoms with Gasteiger partial charge in [-0.3, -0.25) is 9.48 Å². The molecule has 32 heavy (non-hydrogen) atoms. The molecule has 0 aliphatic heterocycles. The van der Waals surface area contributed by atoms with Crippen LogP contribution in [0.15, 0.2) is 71.1 Å². The summed E-state index contributed by atoms with van der Waals surface area (Å²) in [6, 6.07) is 19.1. The molecule has 0 radical (unpaired) electrons. The highest BCUT2D eigenvalue weighted by molar-refractivity contribution is 5.91. The van der Waals surface area contributed by atoms with Crippen molar-refractivity contribution in [2.75, 3.05) is 0 Å². The predicted molar refractivity (Wildman–Crippen MR) is 118 cm³/mol. The Hall–Kier alpha value is -3.87. The number of aryl methyl sites for hydroxylation is 1. The maximum atomic E-state index is 13.0. The number of nitrogens with one attached hydrogen (secondary N) is 1. The van der Waals surface area contributed by atoms with Crippen LogP contribution in [0, 0.1) is 19.7 Å². The van der Waals surface area contributed by atoms with E-state index in [1.54, 1.807) is 12.1 Å². The van der Waals surface area contributed by atoms with E-state index in [1.165, 1.54) is 29.8 Å². The summed E-state index contributed by atoms with van der Waals surface area (Å²) in [5, 5.41) is 7.52. The summed E-state index contributed by atoms with van der Waals surface area (Å²) in [6.07, 6.45) is 0. The molecule has 0 aliphatic carbocycles. The fourth-order valence-corrected chi connectivity index (χ4v) is 3.42. The van der Waals surface area contributed by atoms with Crippen LogP contribution in [0.2, 0.25) is 0 Å². The van der Waals surface area contributed by atoms with Crippen LogP contribution in [-0.2, 0) is 19.7 Å². The number of hydrogen-bond acceptors (Lipinski definition) is 4. The number of amides is 1. The van der Waals surface area contributed by atoms with Gasteiger partial charge in [-0.1, -0.05) is 30.3 Å². The van der Waals surface area contributed by atoms with Gasteiger partial charge in [0.2, 0.25) is 0 Å². The molecule has 4 aromatic rings. The van der Waals surface area contributed by atoms with Gasteiger partial charge in [0, 0.05) is 17.8 Å². The zero-order chi connectivity index (χ0) is 22.5. The van der Waals surface area contributed by atoms with Gasteiger partial charge in [-0.2, -0.15) is 5.10 Å². The lowest BCUT2D eigenvalue weighted by Gasteiger charge is -2.07. The SMILES string of the molecule is Cc1nn(Cc2ccccc2)c(C)c1CNC(=O)c1ccc(COc2ccc(F)cc2)o1. The van der Waals surface area contributed by atoms with E-state index in [-0.39, 0.29) is 24.1 Å². The van der Waals surface area contributed by atoms with Gasteiger partial charge >= 0.3 is 0 Å². The van der Waals surface area contributed by atoms with Crippen LogP contribution in [0.1, 0.15) is 38.8 Å². The first-order chi connectivity index (χ1) is 15.5. The molecule has 2 aromatic carbocycles. The first-order valence-electron chi connectivity index (χ1n) is 10.3. The number of hydrogen-bond donors (Lipinski definition) is 1. The van der Waals surface area contributed by atoms with Crippen LogP contribution in [0.3, 0.4) is 0 Å². The highest BCUT2D eigenvalue weighted by Crippen LogP contribution is 2.17. The van der Waals surface area contributed by atoms with Gasteiger partial charge < -0.3 is 14.5 Å². The molecular formula is C25H24FN3O3. The lowest BCUT2D eigenvalue weighted by atomic mass is 10.2. The largest absolute Gasteiger partial charge is 0.486 e. The molecule has 7 heteroatoms. The number of halogens is 1. The van der Waals surface area contributed by atoms with Crippen LogP contribution >= 0.6 is 0 Å². The van der Waals surface area contributed by atoms with E-state index in [0.29, 0.717) is 24.6 Å². The van der Waals surface area contributed by atoms with Gasteiger partial charge in [-0.05, 0) is 55.8 Å². The Labute approximate surface area is 185 Å². The first-order valence-corrected chi connectivity index (χ1v) is 10.3. The number of benzene rings is 2. The highest BCUT2D eigenvalue weighted by Gasteiger charge is 2.16. The normalized spacial score (nSPS) is 10.8. The van der Waals surface area contributed by atoms with Gasteiger partial charge in [0.1, 0.15) is 23.9 Å². The summed E-state index contributed by atoms with van der Waals surface area (Å²) < 4.78 is 26.1. The number of carbonyl (C=O) groups excluding carboxylic acids is 1. The Morgan fingerprint density at radius 3 is 2.56 bits per heavy atom. The average Bonchev–Trinajstić information content (AvgIpc) is 3.37. The van der Waals surface area contributed by atoms with Crippen LogP contribution < -0.4 is 10.1 Å². The third-order valence-electron chi connectivity index (χ3n) is 5.21. The van der Waals surface area contributed by atoms with E-state index in [1.807, 2.05) is 36.7 Å². The molecule has 0 unspecified atom stereocenters. The van der Waals surface area contributed by atoms with Gasteiger partial charge in [0.25, 0.3) is 5.91 Å². The smallest absolute Gasteiger partial charge is 0.287 e. The van der Waals surface area contributed by atoms with E-state index in [0.717, 1.165) is 17.0 Å². The molecule has 4 rings (SSSR count). The van der Waals surface area contributed by atoms with Crippen LogP contribution in [0.5, 0.6) is 5.75 Å². The maximum absolute atomic E-state index is 13.0. The summed E-state index contributed by atoms with van der Waals surface area (Å²) in [5.74, 6) is 0.586. The number of furan rings is 1.